The van der Waals surface area contributed by atoms with Crippen molar-refractivity contribution in [2.45, 2.75) is 410 Å². The number of halogens is 6. The van der Waals surface area contributed by atoms with Gasteiger partial charge in [0, 0.05) is 175 Å². The topological polar surface area (TPSA) is 281 Å². The summed E-state index contributed by atoms with van der Waals surface area (Å²) >= 11 is 0. The smallest absolute Gasteiger partial charge is 0.389 e. The molecule has 32 heteroatoms. The molecule has 7 aliphatic rings. The molecule has 0 bridgehead atoms. The maximum atomic E-state index is 12.1. The monoisotopic (exact) mass is 2140 g/mol. The first kappa shape index (κ1) is 152. The molecule has 9 aromatic rings. The summed E-state index contributed by atoms with van der Waals surface area (Å²) in [5, 5.41) is 10.5. The number of aromatic nitrogens is 14. The summed E-state index contributed by atoms with van der Waals surface area (Å²) in [5.74, 6) is 0.612. The zero-order valence-electron chi connectivity index (χ0n) is 99.3. The van der Waals surface area contributed by atoms with Crippen molar-refractivity contribution in [3.05, 3.63) is 200 Å². The molecule has 16 rings (SSSR count). The third-order valence-electron chi connectivity index (χ3n) is 22.4. The lowest BCUT2D eigenvalue weighted by atomic mass is 9.86. The Morgan fingerprint density at radius 2 is 1.17 bits per heavy atom. The van der Waals surface area contributed by atoms with E-state index in [4.69, 9.17) is 18.6 Å². The van der Waals surface area contributed by atoms with E-state index in [1.54, 1.807) is 43.7 Å². The number of likely N-dealkylation sites (tertiary alicyclic amines) is 3. The quantitative estimate of drug-likeness (QED) is 0.0503. The number of rotatable bonds is 25. The number of H-pyrrole nitrogens is 2. The molecule has 25 nitrogen and oxygen atoms in total. The summed E-state index contributed by atoms with van der Waals surface area (Å²) in [6.07, 6.45) is 64.1. The molecule has 1 atom stereocenters. The van der Waals surface area contributed by atoms with Gasteiger partial charge in [0.15, 0.2) is 6.39 Å². The van der Waals surface area contributed by atoms with Crippen molar-refractivity contribution in [1.82, 2.24) is 83.7 Å². The number of nitrogens with zero attached hydrogens (tertiary/aromatic N) is 15. The van der Waals surface area contributed by atoms with Crippen molar-refractivity contribution < 1.29 is 63.0 Å². The summed E-state index contributed by atoms with van der Waals surface area (Å²) < 4.78 is 115. The van der Waals surface area contributed by atoms with Gasteiger partial charge in [-0.05, 0) is 258 Å². The molecule has 9 aromatic heterocycles. The molecule has 0 radical (unpaired) electrons. The summed E-state index contributed by atoms with van der Waals surface area (Å²) in [6, 6.07) is 14.1. The molecule has 150 heavy (non-hydrogen) atoms. The number of nitrogens with one attached hydrogen (secondary N) is 2. The molecular formula is C118H213F6N17O8S. The van der Waals surface area contributed by atoms with Gasteiger partial charge in [0.25, 0.3) is 5.92 Å². The van der Waals surface area contributed by atoms with Gasteiger partial charge in [-0.15, -0.1) is 0 Å². The van der Waals surface area contributed by atoms with Gasteiger partial charge in [-0.2, -0.15) is 23.4 Å². The van der Waals surface area contributed by atoms with Crippen LogP contribution in [0.3, 0.4) is 0 Å². The molecule has 6 saturated heterocycles. The number of carbonyl (C=O) groups is 2. The van der Waals surface area contributed by atoms with Gasteiger partial charge in [0.1, 0.15) is 21.9 Å². The lowest BCUT2D eigenvalue weighted by Crippen LogP contribution is -2.56. The van der Waals surface area contributed by atoms with Crippen LogP contribution in [0.4, 0.5) is 26.3 Å². The number of imidazole rings is 3. The maximum Gasteiger partial charge on any atom is 0.389 e. The molecule has 2 N–H and O–H groups in total. The second-order valence-electron chi connectivity index (χ2n) is 37.1. The molecule has 0 spiro atoms. The van der Waals surface area contributed by atoms with E-state index in [9.17, 15) is 44.3 Å². The zero-order valence-corrected chi connectivity index (χ0v) is 100. The van der Waals surface area contributed by atoms with Gasteiger partial charge < -0.3 is 47.3 Å². The Balaban J connectivity index is -0.000000364. The van der Waals surface area contributed by atoms with Crippen molar-refractivity contribution in [2.75, 3.05) is 104 Å². The molecule has 0 aromatic carbocycles. The van der Waals surface area contributed by atoms with Gasteiger partial charge >= 0.3 is 6.18 Å². The van der Waals surface area contributed by atoms with E-state index in [1.165, 1.54) is 163 Å². The summed E-state index contributed by atoms with van der Waals surface area (Å²) in [6.45, 7) is 66.1. The van der Waals surface area contributed by atoms with E-state index in [-0.39, 0.29) is 32.0 Å². The number of aryl methyl sites for hydroxylation is 11. The van der Waals surface area contributed by atoms with E-state index >= 15 is 0 Å². The Hall–Kier alpha value is -8.82. The average molecular weight is 2140 g/mol. The Kier molecular flexibility index (Phi) is 107. The van der Waals surface area contributed by atoms with Crippen LogP contribution in [-0.2, 0) is 106 Å². The van der Waals surface area contributed by atoms with E-state index < -0.39 is 28.4 Å². The average Bonchev–Trinajstić information content (AvgIpc) is 1.15. The fourth-order valence-corrected chi connectivity index (χ4v) is 13.6. The highest BCUT2D eigenvalue weighted by Gasteiger charge is 2.43. The number of sulfone groups is 1. The summed E-state index contributed by atoms with van der Waals surface area (Å²) in [4.78, 5) is 57.7. The van der Waals surface area contributed by atoms with Crippen LogP contribution < -0.4 is 0 Å². The number of hydrogen-bond donors (Lipinski definition) is 2. The highest BCUT2D eigenvalue weighted by atomic mass is 32.2. The van der Waals surface area contributed by atoms with Gasteiger partial charge in [-0.3, -0.25) is 38.8 Å². The number of Topliss-reactive ketones (excluding diaryl/α,β-unsaturated/α-hetero) is 1. The van der Waals surface area contributed by atoms with Crippen LogP contribution >= 0.6 is 0 Å². The number of ketones is 1. The number of amides is 1. The number of ether oxygens (including phenoxy) is 3. The van der Waals surface area contributed by atoms with Crippen molar-refractivity contribution in [2.24, 2.45) is 31.3 Å². The molecule has 1 unspecified atom stereocenters. The minimum Gasteiger partial charge on any atom is -0.451 e. The summed E-state index contributed by atoms with van der Waals surface area (Å²) in [7, 11) is 1.26. The third kappa shape index (κ3) is 101. The first-order valence-corrected chi connectivity index (χ1v) is 58.5. The van der Waals surface area contributed by atoms with Crippen molar-refractivity contribution in [3.8, 4) is 0 Å². The molecule has 1 aliphatic carbocycles. The van der Waals surface area contributed by atoms with Gasteiger partial charge in [-0.1, -0.05) is 211 Å². The molecule has 1 amide bonds. The first-order valence-electron chi connectivity index (χ1n) is 56.4. The normalized spacial score (nSPS) is 14.6. The molecular weight excluding hydrogens is 1930 g/mol. The SMILES string of the molecule is CC.CC1CCOCC1.CCC.CCC1(C)COC1.CCC1CC1.CCC1CCCO1.CCCC(C)=O.CCCC(F)(F)F.CCCF.CCCN1CC(F)(F)C1.CCCN1CCCC1.CCCN1CCCC1=O.CCCS(C)(=O)=O.CCCn1ccnc1.CCc1ccccn1.CCc1cccnc1.CCc1ccncc1.CCc1cn[nH]c1.CCc1cnc[nH]1.CCc1cncn1C.CCc1cnn(C)c1.CCc1cocn1. The van der Waals surface area contributed by atoms with E-state index in [0.29, 0.717) is 29.6 Å². The number of oxazole rings is 1. The van der Waals surface area contributed by atoms with Crippen LogP contribution in [0.15, 0.2) is 159 Å². The predicted octanol–water partition coefficient (Wildman–Crippen LogP) is 29.5. The predicted molar refractivity (Wildman–Crippen MR) is 615 cm³/mol. The minimum absolute atomic E-state index is 0.0269. The van der Waals surface area contributed by atoms with Crippen LogP contribution in [0.25, 0.3) is 0 Å². The van der Waals surface area contributed by atoms with Crippen LogP contribution in [0, 0.1) is 17.3 Å². The molecule has 866 valence electrons. The second kappa shape index (κ2) is 106. The Morgan fingerprint density at radius 3 is 1.43 bits per heavy atom. The highest BCUT2D eigenvalue weighted by Crippen LogP contribution is 2.32. The number of pyridine rings is 3. The Labute approximate surface area is 908 Å². The van der Waals surface area contributed by atoms with Crippen LogP contribution in [0.2, 0.25) is 0 Å². The molecule has 7 fully saturated rings. The van der Waals surface area contributed by atoms with Crippen molar-refractivity contribution in [1.29, 1.82) is 0 Å². The minimum atomic E-state index is -3.95. The Morgan fingerprint density at radius 1 is 0.560 bits per heavy atom. The third-order valence-corrected chi connectivity index (χ3v) is 23.5. The number of aromatic amines is 2. The van der Waals surface area contributed by atoms with E-state index in [1.807, 2.05) is 187 Å². The maximum absolute atomic E-state index is 12.1. The largest absolute Gasteiger partial charge is 0.451 e. The van der Waals surface area contributed by atoms with Gasteiger partial charge in [-0.25, -0.2) is 37.1 Å². The number of carbonyl (C=O) groups excluding carboxylic acids is 2. The Bertz CT molecular complexity index is 4100. The first-order chi connectivity index (χ1) is 71.8. The van der Waals surface area contributed by atoms with Crippen molar-refractivity contribution in [3.63, 3.8) is 0 Å². The summed E-state index contributed by atoms with van der Waals surface area (Å²) in [5.41, 5.74) is 10.4. The van der Waals surface area contributed by atoms with Gasteiger partial charge in [0.2, 0.25) is 5.91 Å². The number of hydrogen-bond acceptors (Lipinski definition) is 19. The fraction of sp³-hybridized carbons (Fsp3) is 0.703. The molecule has 1 saturated carbocycles. The van der Waals surface area contributed by atoms with Crippen LogP contribution in [0.1, 0.15) is 379 Å². The lowest BCUT2D eigenvalue weighted by Gasteiger charge is -2.38. The highest BCUT2D eigenvalue weighted by molar-refractivity contribution is 7.90. The van der Waals surface area contributed by atoms with Crippen molar-refractivity contribution >= 4 is 21.5 Å². The lowest BCUT2D eigenvalue weighted by molar-refractivity contribution is -0.134. The van der Waals surface area contributed by atoms with Gasteiger partial charge in [0.05, 0.1) is 76.2 Å². The van der Waals surface area contributed by atoms with Crippen LogP contribution in [-0.4, -0.2) is 226 Å². The molecule has 6 aliphatic heterocycles. The fourth-order valence-electron chi connectivity index (χ4n) is 12.8. The van der Waals surface area contributed by atoms with Crippen LogP contribution in [0.5, 0.6) is 0 Å². The molecule has 15 heterocycles. The van der Waals surface area contributed by atoms with E-state index in [2.05, 4.69) is 188 Å². The number of alkyl halides is 6. The zero-order chi connectivity index (χ0) is 114. The second-order valence-corrected chi connectivity index (χ2v) is 39.4. The van der Waals surface area contributed by atoms with E-state index in [0.717, 1.165) is 179 Å². The standard InChI is InChI=1S/C7H13NO.3C7H9N.C7H15N.C6H11F2N.3C6H10N2.3C6H12O.2C5H8N2.C5H7NO.C5H10O.C5H10.C4H7F3.C4H10O2S.C3H7F.C3H8.C2H6/c1-2-5-8-6-3-4-7(8)9;1-2-7-3-5-8-6-4-7;1-2-7-4-3-5-8-6-7;1-2-7-5-3-4-6-8-7;1-2-5-8-6-3-4-7-8;1-2-3-9-4-6(7,8)5-9;1-3-6-4-7-5-8(6)2;1-3-6-4-7-8(2)5-6;1-2-4-8-5-3-7-6-8;1-6-2-4-7-5-3-6;1-3-6(2)4-7-5-6;1-2-6-4-3-5-7-6;1-2-5-3-6-4-7-5;1-2-5-3-6-7-4-5;1-2-5-3-7-4-6-5;1-3-4-5(2)6;1-2-5-3-4-5;1-2-3-4(5,6)7;1-3-4-7(2,5)6;1-2-3-4;1-3-2;1-2/h2-6H2,1H3;3*3-6H,2H2,1H3;2-7H2,1H3;2-5H2,1H3;2*4-5H,3H2,1-2H3;3,5-6H,2,4H2,1H3;6H,2-5H2,1H3;3-5H2,1-2H3;6H,2-5H2,1H3;2*3-4H,2H2,1H3,(H,6,7);3-4H,2H2,1H3;3-4H2,1-2H3;5H,2-4H2,1H3;2-3H2,1H3;3-4H2,1-2H3;2-3H2,1H3;3H2,1-2H3;1-2H3.